The lowest BCUT2D eigenvalue weighted by molar-refractivity contribution is -0.150. The predicted molar refractivity (Wildman–Crippen MR) is 101 cm³/mol. The van der Waals surface area contributed by atoms with Crippen molar-refractivity contribution in [3.8, 4) is 0 Å². The summed E-state index contributed by atoms with van der Waals surface area (Å²) in [6, 6.07) is 1.81. The minimum Gasteiger partial charge on any atom is -0.463 e. The fourth-order valence-electron chi connectivity index (χ4n) is 3.21. The van der Waals surface area contributed by atoms with Crippen LogP contribution in [-0.2, 0) is 25.5 Å². The zero-order chi connectivity index (χ0) is 21.4. The molecular formula is C20H28F2N2O5. The van der Waals surface area contributed by atoms with Crippen LogP contribution in [0, 0.1) is 11.6 Å². The quantitative estimate of drug-likeness (QED) is 0.523. The third-order valence-electron chi connectivity index (χ3n) is 4.59. The van der Waals surface area contributed by atoms with Gasteiger partial charge in [0.1, 0.15) is 24.3 Å². The van der Waals surface area contributed by atoms with E-state index in [0.29, 0.717) is 24.9 Å². The summed E-state index contributed by atoms with van der Waals surface area (Å²) in [5.74, 6) is -2.11. The third kappa shape index (κ3) is 7.68. The first-order valence-corrected chi connectivity index (χ1v) is 9.69. The number of aliphatic hydroxyl groups is 1. The summed E-state index contributed by atoms with van der Waals surface area (Å²) in [4.78, 5) is 23.0. The van der Waals surface area contributed by atoms with E-state index in [4.69, 9.17) is 9.47 Å². The summed E-state index contributed by atoms with van der Waals surface area (Å²) >= 11 is 0. The van der Waals surface area contributed by atoms with Crippen molar-refractivity contribution < 1.29 is 33.0 Å². The van der Waals surface area contributed by atoms with Crippen molar-refractivity contribution in [2.24, 2.45) is 0 Å². The number of hydrogen-bond acceptors (Lipinski definition) is 6. The SMILES string of the molecule is CCCC(=O)OC[C@H]1CN[C@@H]([C@@H](O)[C@H](Cc2cc(F)cc(F)c2)NC(C)=O)CO1. The summed E-state index contributed by atoms with van der Waals surface area (Å²) < 4.78 is 37.7. The fraction of sp³-hybridized carbons (Fsp3) is 0.600. The van der Waals surface area contributed by atoms with Gasteiger partial charge < -0.3 is 25.2 Å². The second-order valence-corrected chi connectivity index (χ2v) is 7.18. The minimum absolute atomic E-state index is 0.0473. The summed E-state index contributed by atoms with van der Waals surface area (Å²) in [7, 11) is 0. The van der Waals surface area contributed by atoms with E-state index >= 15 is 0 Å². The molecule has 0 bridgehead atoms. The number of aliphatic hydroxyl groups excluding tert-OH is 1. The first-order valence-electron chi connectivity index (χ1n) is 9.69. The van der Waals surface area contributed by atoms with Crippen molar-refractivity contribution in [1.29, 1.82) is 0 Å². The van der Waals surface area contributed by atoms with Gasteiger partial charge in [0.25, 0.3) is 0 Å². The highest BCUT2D eigenvalue weighted by Gasteiger charge is 2.33. The lowest BCUT2D eigenvalue weighted by Crippen LogP contribution is -2.59. The lowest BCUT2D eigenvalue weighted by Gasteiger charge is -2.36. The highest BCUT2D eigenvalue weighted by atomic mass is 19.1. The highest BCUT2D eigenvalue weighted by Crippen LogP contribution is 2.15. The average molecular weight is 414 g/mol. The molecule has 0 radical (unpaired) electrons. The van der Waals surface area contributed by atoms with Gasteiger partial charge in [0.2, 0.25) is 5.91 Å². The molecule has 0 saturated carbocycles. The number of carbonyl (C=O) groups is 2. The Morgan fingerprint density at radius 3 is 2.59 bits per heavy atom. The van der Waals surface area contributed by atoms with Crippen molar-refractivity contribution >= 4 is 11.9 Å². The van der Waals surface area contributed by atoms with Crippen LogP contribution in [0.3, 0.4) is 0 Å². The van der Waals surface area contributed by atoms with Gasteiger partial charge in [-0.15, -0.1) is 0 Å². The largest absolute Gasteiger partial charge is 0.463 e. The number of benzene rings is 1. The number of amides is 1. The Balaban J connectivity index is 1.93. The Morgan fingerprint density at radius 1 is 1.34 bits per heavy atom. The summed E-state index contributed by atoms with van der Waals surface area (Å²) in [5.41, 5.74) is 0.317. The van der Waals surface area contributed by atoms with Gasteiger partial charge in [-0.05, 0) is 30.5 Å². The molecule has 7 nitrogen and oxygen atoms in total. The predicted octanol–water partition coefficient (Wildman–Crippen LogP) is 1.07. The van der Waals surface area contributed by atoms with Gasteiger partial charge in [0.05, 0.1) is 24.8 Å². The molecule has 4 atom stereocenters. The Labute approximate surface area is 168 Å². The molecule has 0 aliphatic carbocycles. The first kappa shape index (κ1) is 23.2. The van der Waals surface area contributed by atoms with Gasteiger partial charge in [0, 0.05) is 26.0 Å². The Morgan fingerprint density at radius 2 is 2.03 bits per heavy atom. The molecule has 0 unspecified atom stereocenters. The van der Waals surface area contributed by atoms with Gasteiger partial charge in [-0.25, -0.2) is 8.78 Å². The van der Waals surface area contributed by atoms with Gasteiger partial charge in [-0.1, -0.05) is 6.92 Å². The van der Waals surface area contributed by atoms with Crippen LogP contribution in [-0.4, -0.2) is 61.0 Å². The van der Waals surface area contributed by atoms with Crippen LogP contribution >= 0.6 is 0 Å². The van der Waals surface area contributed by atoms with E-state index in [-0.39, 0.29) is 37.6 Å². The van der Waals surface area contributed by atoms with E-state index in [9.17, 15) is 23.5 Å². The Kier molecular flexibility index (Phi) is 8.94. The van der Waals surface area contributed by atoms with E-state index in [1.807, 2.05) is 6.92 Å². The van der Waals surface area contributed by atoms with Gasteiger partial charge >= 0.3 is 5.97 Å². The average Bonchev–Trinajstić information content (AvgIpc) is 2.65. The number of esters is 1. The van der Waals surface area contributed by atoms with Crippen LogP contribution < -0.4 is 10.6 Å². The second-order valence-electron chi connectivity index (χ2n) is 7.18. The molecule has 1 amide bonds. The van der Waals surface area contributed by atoms with E-state index in [2.05, 4.69) is 10.6 Å². The molecule has 2 rings (SSSR count). The van der Waals surface area contributed by atoms with Crippen molar-refractivity contribution in [2.45, 2.75) is 57.4 Å². The molecule has 0 spiro atoms. The maximum Gasteiger partial charge on any atom is 0.305 e. The smallest absolute Gasteiger partial charge is 0.305 e. The molecule has 1 saturated heterocycles. The molecule has 9 heteroatoms. The molecular weight excluding hydrogens is 386 g/mol. The molecule has 0 aromatic heterocycles. The van der Waals surface area contributed by atoms with Crippen LogP contribution in [0.4, 0.5) is 8.78 Å². The van der Waals surface area contributed by atoms with Gasteiger partial charge in [-0.3, -0.25) is 9.59 Å². The zero-order valence-electron chi connectivity index (χ0n) is 16.6. The maximum absolute atomic E-state index is 13.5. The van der Waals surface area contributed by atoms with Crippen LogP contribution in [0.15, 0.2) is 18.2 Å². The van der Waals surface area contributed by atoms with Crippen molar-refractivity contribution in [1.82, 2.24) is 10.6 Å². The monoisotopic (exact) mass is 414 g/mol. The number of hydrogen-bond donors (Lipinski definition) is 3. The van der Waals surface area contributed by atoms with Crippen molar-refractivity contribution in [3.05, 3.63) is 35.4 Å². The number of halogens is 2. The van der Waals surface area contributed by atoms with Crippen LogP contribution in [0.2, 0.25) is 0 Å². The number of ether oxygens (including phenoxy) is 2. The van der Waals surface area contributed by atoms with Gasteiger partial charge in [-0.2, -0.15) is 0 Å². The van der Waals surface area contributed by atoms with Crippen LogP contribution in [0.5, 0.6) is 0 Å². The van der Waals surface area contributed by atoms with E-state index in [0.717, 1.165) is 18.2 Å². The molecule has 162 valence electrons. The highest BCUT2D eigenvalue weighted by molar-refractivity contribution is 5.73. The van der Waals surface area contributed by atoms with Crippen molar-refractivity contribution in [3.63, 3.8) is 0 Å². The molecule has 29 heavy (non-hydrogen) atoms. The second kappa shape index (κ2) is 11.2. The minimum atomic E-state index is -1.06. The lowest BCUT2D eigenvalue weighted by atomic mass is 9.95. The fourth-order valence-corrected chi connectivity index (χ4v) is 3.21. The molecule has 1 fully saturated rings. The van der Waals surface area contributed by atoms with Crippen molar-refractivity contribution in [2.75, 3.05) is 19.8 Å². The Hall–Kier alpha value is -2.10. The van der Waals surface area contributed by atoms with E-state index < -0.39 is 29.8 Å². The maximum atomic E-state index is 13.5. The topological polar surface area (TPSA) is 96.9 Å². The van der Waals surface area contributed by atoms with Gasteiger partial charge in [0.15, 0.2) is 0 Å². The van der Waals surface area contributed by atoms with E-state index in [1.54, 1.807) is 0 Å². The molecule has 1 aromatic rings. The van der Waals surface area contributed by atoms with E-state index in [1.165, 1.54) is 6.92 Å². The number of carbonyl (C=O) groups excluding carboxylic acids is 2. The molecule has 1 heterocycles. The molecule has 1 aromatic carbocycles. The molecule has 1 aliphatic heterocycles. The summed E-state index contributed by atoms with van der Waals surface area (Å²) in [6.45, 7) is 3.78. The molecule has 1 aliphatic rings. The standard InChI is InChI=1S/C20H28F2N2O5/c1-3-4-19(26)29-10-16-9-23-18(11-28-16)20(27)17(24-12(2)25)7-13-5-14(21)8-15(22)6-13/h5-6,8,16-18,20,23,27H,3-4,7,9-11H2,1-2H3,(H,24,25)/t16-,17+,18-,20+/m1/s1. The third-order valence-corrected chi connectivity index (χ3v) is 4.59. The zero-order valence-corrected chi connectivity index (χ0v) is 16.6. The van der Waals surface area contributed by atoms with Crippen LogP contribution in [0.1, 0.15) is 32.3 Å². The van der Waals surface area contributed by atoms with Crippen LogP contribution in [0.25, 0.3) is 0 Å². The number of rotatable bonds is 9. The normalized spacial score (nSPS) is 21.3. The summed E-state index contributed by atoms with van der Waals surface area (Å²) in [6.07, 6.45) is -0.298. The number of morpholine rings is 1. The molecule has 3 N–H and O–H groups in total. The summed E-state index contributed by atoms with van der Waals surface area (Å²) in [5, 5.41) is 16.5. The Bertz CT molecular complexity index is 675. The first-order chi connectivity index (χ1) is 13.8. The number of nitrogens with one attached hydrogen (secondary N) is 2.